The van der Waals surface area contributed by atoms with Crippen LogP contribution >= 0.6 is 0 Å². The fourth-order valence-electron chi connectivity index (χ4n) is 2.62. The molecule has 3 aromatic carbocycles. The summed E-state index contributed by atoms with van der Waals surface area (Å²) >= 11 is 0. The summed E-state index contributed by atoms with van der Waals surface area (Å²) in [5, 5.41) is 0. The molecule has 0 aliphatic rings. The fraction of sp³-hybridized carbons (Fsp3) is 0.143. The monoisotopic (exact) mass is 342 g/mol. The summed E-state index contributed by atoms with van der Waals surface area (Å²) in [6, 6.07) is 22.6. The first-order valence-electron chi connectivity index (χ1n) is 7.93. The average Bonchev–Trinajstić information content (AvgIpc) is 2.62. The lowest BCUT2D eigenvalue weighted by Crippen LogP contribution is -2.09. The van der Waals surface area contributed by atoms with Gasteiger partial charge in [-0.05, 0) is 41.3 Å². The van der Waals surface area contributed by atoms with Crippen LogP contribution in [0, 0.1) is 0 Å². The van der Waals surface area contributed by atoms with E-state index in [1.165, 1.54) is 12.1 Å². The van der Waals surface area contributed by atoms with Crippen molar-refractivity contribution in [2.24, 2.45) is 0 Å². The topological polar surface area (TPSA) is 9.23 Å². The van der Waals surface area contributed by atoms with Crippen LogP contribution in [-0.2, 0) is 19.2 Å². The Labute approximate surface area is 144 Å². The molecule has 0 fully saturated rings. The number of ether oxygens (including phenoxy) is 1. The molecule has 0 unspecified atom stereocenters. The van der Waals surface area contributed by atoms with Gasteiger partial charge in [0.25, 0.3) is 0 Å². The van der Waals surface area contributed by atoms with Crippen LogP contribution < -0.4 is 4.74 Å². The quantitative estimate of drug-likeness (QED) is 0.563. The summed E-state index contributed by atoms with van der Waals surface area (Å²) < 4.78 is 44.9. The third-order valence-corrected chi connectivity index (χ3v) is 3.89. The molecule has 0 amide bonds. The molecule has 0 N–H and O–H groups in total. The lowest BCUT2D eigenvalue weighted by Gasteiger charge is -2.13. The van der Waals surface area contributed by atoms with Gasteiger partial charge in [-0.15, -0.1) is 0 Å². The normalized spacial score (nSPS) is 11.3. The second-order valence-corrected chi connectivity index (χ2v) is 5.75. The number of benzene rings is 3. The Morgan fingerprint density at radius 2 is 1.32 bits per heavy atom. The van der Waals surface area contributed by atoms with E-state index in [1.807, 2.05) is 30.3 Å². The van der Waals surface area contributed by atoms with Crippen LogP contribution in [-0.4, -0.2) is 0 Å². The molecule has 0 atom stereocenters. The maximum atomic E-state index is 13.1. The Morgan fingerprint density at radius 3 is 2.00 bits per heavy atom. The maximum Gasteiger partial charge on any atom is 0.416 e. The molecule has 3 aromatic rings. The summed E-state index contributed by atoms with van der Waals surface area (Å²) in [4.78, 5) is 0. The standard InChI is InChI=1S/C21H17F3O/c22-21(23,24)20-9-5-4-8-18(20)14-16-10-12-19(13-11-16)25-15-17-6-2-1-3-7-17/h1-13H,14-15H2. The van der Waals surface area contributed by atoms with Gasteiger partial charge in [-0.2, -0.15) is 13.2 Å². The van der Waals surface area contributed by atoms with Gasteiger partial charge in [0.05, 0.1) is 5.56 Å². The molecule has 0 spiro atoms. The number of rotatable bonds is 5. The van der Waals surface area contributed by atoms with Crippen molar-refractivity contribution in [2.45, 2.75) is 19.2 Å². The Hall–Kier alpha value is -2.75. The van der Waals surface area contributed by atoms with Crippen molar-refractivity contribution in [3.8, 4) is 5.75 Å². The highest BCUT2D eigenvalue weighted by molar-refractivity contribution is 5.36. The molecule has 0 saturated heterocycles. The van der Waals surface area contributed by atoms with Gasteiger partial charge in [0, 0.05) is 0 Å². The maximum absolute atomic E-state index is 13.1. The molecule has 4 heteroatoms. The van der Waals surface area contributed by atoms with Gasteiger partial charge in [0.15, 0.2) is 0 Å². The van der Waals surface area contributed by atoms with Crippen molar-refractivity contribution in [3.63, 3.8) is 0 Å². The molecular formula is C21H17F3O. The largest absolute Gasteiger partial charge is 0.489 e. The van der Waals surface area contributed by atoms with Crippen LogP contribution in [0.2, 0.25) is 0 Å². The molecule has 0 aromatic heterocycles. The molecule has 25 heavy (non-hydrogen) atoms. The van der Waals surface area contributed by atoms with E-state index in [1.54, 1.807) is 30.3 Å². The molecule has 0 aliphatic heterocycles. The third-order valence-electron chi connectivity index (χ3n) is 3.89. The summed E-state index contributed by atoms with van der Waals surface area (Å²) in [5.74, 6) is 0.691. The van der Waals surface area contributed by atoms with E-state index in [-0.39, 0.29) is 12.0 Å². The Bertz CT molecular complexity index is 809. The number of halogens is 3. The molecule has 1 nitrogen and oxygen atoms in total. The van der Waals surface area contributed by atoms with Crippen LogP contribution in [0.25, 0.3) is 0 Å². The molecule has 0 saturated carbocycles. The van der Waals surface area contributed by atoms with Gasteiger partial charge in [0.1, 0.15) is 12.4 Å². The van der Waals surface area contributed by atoms with Crippen LogP contribution in [0.1, 0.15) is 22.3 Å². The fourth-order valence-corrected chi connectivity index (χ4v) is 2.62. The minimum absolute atomic E-state index is 0.231. The van der Waals surface area contributed by atoms with Crippen molar-refractivity contribution in [1.82, 2.24) is 0 Å². The highest BCUT2D eigenvalue weighted by Gasteiger charge is 2.32. The molecule has 0 heterocycles. The van der Waals surface area contributed by atoms with Crippen molar-refractivity contribution < 1.29 is 17.9 Å². The van der Waals surface area contributed by atoms with Crippen molar-refractivity contribution in [1.29, 1.82) is 0 Å². The molecule has 0 radical (unpaired) electrons. The predicted molar refractivity (Wildman–Crippen MR) is 91.5 cm³/mol. The highest BCUT2D eigenvalue weighted by Crippen LogP contribution is 2.33. The molecule has 3 rings (SSSR count). The number of hydrogen-bond acceptors (Lipinski definition) is 1. The Balaban J connectivity index is 1.67. The van der Waals surface area contributed by atoms with Gasteiger partial charge >= 0.3 is 6.18 Å². The van der Waals surface area contributed by atoms with E-state index in [9.17, 15) is 13.2 Å². The first kappa shape index (κ1) is 17.1. The average molecular weight is 342 g/mol. The summed E-state index contributed by atoms with van der Waals surface area (Å²) in [6.07, 6.45) is -4.11. The zero-order valence-corrected chi connectivity index (χ0v) is 13.5. The van der Waals surface area contributed by atoms with Crippen LogP contribution in [0.5, 0.6) is 5.75 Å². The van der Waals surface area contributed by atoms with Crippen LogP contribution in [0.15, 0.2) is 78.9 Å². The van der Waals surface area contributed by atoms with E-state index in [2.05, 4.69) is 0 Å². The molecule has 0 aliphatic carbocycles. The first-order valence-corrected chi connectivity index (χ1v) is 7.93. The van der Waals surface area contributed by atoms with Gasteiger partial charge < -0.3 is 4.74 Å². The van der Waals surface area contributed by atoms with E-state index >= 15 is 0 Å². The van der Waals surface area contributed by atoms with Crippen molar-refractivity contribution >= 4 is 0 Å². The summed E-state index contributed by atoms with van der Waals surface area (Å²) in [7, 11) is 0. The van der Waals surface area contributed by atoms with Gasteiger partial charge in [-0.1, -0.05) is 60.7 Å². The van der Waals surface area contributed by atoms with Crippen LogP contribution in [0.4, 0.5) is 13.2 Å². The molecule has 0 bridgehead atoms. The number of hydrogen-bond donors (Lipinski definition) is 0. The highest BCUT2D eigenvalue weighted by atomic mass is 19.4. The van der Waals surface area contributed by atoms with Gasteiger partial charge in [0.2, 0.25) is 0 Å². The zero-order chi connectivity index (χ0) is 17.7. The molecule has 128 valence electrons. The zero-order valence-electron chi connectivity index (χ0n) is 13.5. The second-order valence-electron chi connectivity index (χ2n) is 5.75. The van der Waals surface area contributed by atoms with E-state index in [0.717, 1.165) is 17.2 Å². The SMILES string of the molecule is FC(F)(F)c1ccccc1Cc1ccc(OCc2ccccc2)cc1. The Morgan fingerprint density at radius 1 is 0.680 bits per heavy atom. The summed E-state index contributed by atoms with van der Waals surface area (Å²) in [5.41, 5.74) is 1.56. The minimum atomic E-state index is -4.34. The first-order chi connectivity index (χ1) is 12.0. The van der Waals surface area contributed by atoms with E-state index in [0.29, 0.717) is 12.4 Å². The van der Waals surface area contributed by atoms with Gasteiger partial charge in [-0.25, -0.2) is 0 Å². The molecular weight excluding hydrogens is 325 g/mol. The third kappa shape index (κ3) is 4.63. The lowest BCUT2D eigenvalue weighted by atomic mass is 9.99. The van der Waals surface area contributed by atoms with Crippen molar-refractivity contribution in [3.05, 3.63) is 101 Å². The van der Waals surface area contributed by atoms with Gasteiger partial charge in [-0.3, -0.25) is 0 Å². The predicted octanol–water partition coefficient (Wildman–Crippen LogP) is 5.88. The van der Waals surface area contributed by atoms with E-state index < -0.39 is 11.7 Å². The van der Waals surface area contributed by atoms with Crippen molar-refractivity contribution in [2.75, 3.05) is 0 Å². The smallest absolute Gasteiger partial charge is 0.416 e. The minimum Gasteiger partial charge on any atom is -0.489 e. The second kappa shape index (κ2) is 7.43. The summed E-state index contributed by atoms with van der Waals surface area (Å²) in [6.45, 7) is 0.455. The lowest BCUT2D eigenvalue weighted by molar-refractivity contribution is -0.138. The number of alkyl halides is 3. The Kier molecular flexibility index (Phi) is 5.08. The van der Waals surface area contributed by atoms with E-state index in [4.69, 9.17) is 4.74 Å². The van der Waals surface area contributed by atoms with Crippen LogP contribution in [0.3, 0.4) is 0 Å².